The predicted octanol–water partition coefficient (Wildman–Crippen LogP) is 5.87. The number of carbonyl (C=O) groups excluding carboxylic acids is 1. The van der Waals surface area contributed by atoms with Gasteiger partial charge >= 0.3 is 5.97 Å². The summed E-state index contributed by atoms with van der Waals surface area (Å²) in [5.74, 6) is -2.66. The van der Waals surface area contributed by atoms with Gasteiger partial charge in [0, 0.05) is 58.8 Å². The Bertz CT molecular complexity index is 1610. The van der Waals surface area contributed by atoms with Crippen LogP contribution in [0.3, 0.4) is 0 Å². The van der Waals surface area contributed by atoms with Crippen molar-refractivity contribution in [3.63, 3.8) is 0 Å². The maximum Gasteiger partial charge on any atom is 0.316 e. The summed E-state index contributed by atoms with van der Waals surface area (Å²) in [6.45, 7) is 13.9. The Kier molecular flexibility index (Phi) is 17.8. The number of aliphatic hydroxyl groups excluding tert-OH is 2. The Morgan fingerprint density at radius 2 is 1.53 bits per heavy atom. The Morgan fingerprint density at radius 3 is 2.23 bits per heavy atom. The number of allylic oxidation sites excluding steroid dienone is 2. The highest BCUT2D eigenvalue weighted by Crippen LogP contribution is 2.43. The largest absolute Gasteiger partial charge is 0.462 e. The van der Waals surface area contributed by atoms with Crippen LogP contribution >= 0.6 is 0 Å². The van der Waals surface area contributed by atoms with Crippen molar-refractivity contribution < 1.29 is 67.5 Å². The summed E-state index contributed by atoms with van der Waals surface area (Å²) in [5, 5.41) is 33.9. The lowest BCUT2D eigenvalue weighted by molar-refractivity contribution is -0.318. The second-order valence-electron chi connectivity index (χ2n) is 18.1. The third-order valence-corrected chi connectivity index (χ3v) is 13.7. The van der Waals surface area contributed by atoms with Gasteiger partial charge in [0.25, 0.3) is 0 Å². The summed E-state index contributed by atoms with van der Waals surface area (Å²) in [6.07, 6.45) is 11.5. The van der Waals surface area contributed by atoms with Gasteiger partial charge in [-0.05, 0) is 50.8 Å². The lowest BCUT2D eigenvalue weighted by atomic mass is 9.73. The molecule has 3 fully saturated rings. The molecule has 0 aromatic rings. The quantitative estimate of drug-likeness (QED) is 0.186. The molecule has 0 saturated carbocycles. The van der Waals surface area contributed by atoms with E-state index in [9.17, 15) is 20.1 Å². The molecular formula is C48H76O14. The van der Waals surface area contributed by atoms with Gasteiger partial charge in [0.2, 0.25) is 0 Å². The average Bonchev–Trinajstić information content (AvgIpc) is 3.22. The molecule has 6 rings (SSSR count). The van der Waals surface area contributed by atoms with Crippen LogP contribution in [0.4, 0.5) is 0 Å². The fourth-order valence-corrected chi connectivity index (χ4v) is 9.78. The van der Waals surface area contributed by atoms with Gasteiger partial charge in [0.05, 0.1) is 42.7 Å². The number of aliphatic hydroxyl groups is 3. The lowest BCUT2D eigenvalue weighted by Crippen LogP contribution is -2.59. The van der Waals surface area contributed by atoms with E-state index in [1.165, 1.54) is 13.2 Å². The van der Waals surface area contributed by atoms with E-state index in [2.05, 4.69) is 26.8 Å². The van der Waals surface area contributed by atoms with Crippen LogP contribution in [0, 0.1) is 23.7 Å². The summed E-state index contributed by atoms with van der Waals surface area (Å²) in [7, 11) is 4.61. The van der Waals surface area contributed by atoms with Crippen LogP contribution < -0.4 is 0 Å². The summed E-state index contributed by atoms with van der Waals surface area (Å²) >= 11 is 0. The van der Waals surface area contributed by atoms with Crippen molar-refractivity contribution in [3.8, 4) is 0 Å². The normalized spacial score (nSPS) is 47.3. The van der Waals surface area contributed by atoms with E-state index < -0.39 is 90.8 Å². The highest BCUT2D eigenvalue weighted by molar-refractivity contribution is 5.78. The molecule has 352 valence electrons. The van der Waals surface area contributed by atoms with Crippen molar-refractivity contribution in [1.82, 2.24) is 0 Å². The third-order valence-electron chi connectivity index (χ3n) is 13.7. The van der Waals surface area contributed by atoms with Crippen LogP contribution in [0.2, 0.25) is 0 Å². The summed E-state index contributed by atoms with van der Waals surface area (Å²) in [6, 6.07) is 0. The van der Waals surface area contributed by atoms with Gasteiger partial charge in [0.15, 0.2) is 18.4 Å². The highest BCUT2D eigenvalue weighted by Gasteiger charge is 2.54. The molecule has 5 heterocycles. The SMILES string of the molecule is C.CC[C@H](C)[C@H]1O[C@]2(C=C[C@@H]1C)C[C@@H]1C[C@@H](C/C=C/[C@@H](O[C@H]3C[C@H](OC)[C@@H](O[C@H]4C[C@H](OC)[C@@H](O)[C@H](C)O4)[C@H](C)O3)[C@@H](C)/C=C/C=C/[C@]3(O)[C@H](OC)[C@H](O)C(C)=C[C@H]3C(=O)O1)O2. The molecule has 0 radical (unpaired) electrons. The maximum atomic E-state index is 14.2. The molecule has 6 aliphatic rings. The van der Waals surface area contributed by atoms with Crippen molar-refractivity contribution in [3.05, 3.63) is 60.3 Å². The van der Waals surface area contributed by atoms with E-state index in [0.29, 0.717) is 31.3 Å². The average molecular weight is 877 g/mol. The van der Waals surface area contributed by atoms with Crippen LogP contribution in [0.15, 0.2) is 60.3 Å². The van der Waals surface area contributed by atoms with E-state index in [-0.39, 0.29) is 49.9 Å². The molecule has 0 aromatic carbocycles. The Morgan fingerprint density at radius 1 is 0.839 bits per heavy atom. The zero-order valence-corrected chi connectivity index (χ0v) is 37.7. The summed E-state index contributed by atoms with van der Waals surface area (Å²) in [5.41, 5.74) is -1.43. The smallest absolute Gasteiger partial charge is 0.316 e. The monoisotopic (exact) mass is 877 g/mol. The Balaban J connectivity index is 0.00000726. The molecule has 0 aromatic heterocycles. The van der Waals surface area contributed by atoms with Crippen molar-refractivity contribution >= 4 is 5.97 Å². The minimum atomic E-state index is -1.93. The number of hydrogen-bond acceptors (Lipinski definition) is 14. The maximum absolute atomic E-state index is 14.2. The molecule has 14 nitrogen and oxygen atoms in total. The fraction of sp³-hybridized carbons (Fsp3) is 0.771. The molecule has 1 aliphatic carbocycles. The van der Waals surface area contributed by atoms with E-state index in [1.54, 1.807) is 46.3 Å². The Labute approximate surface area is 369 Å². The van der Waals surface area contributed by atoms with Crippen molar-refractivity contribution in [2.75, 3.05) is 21.3 Å². The molecule has 1 spiro atoms. The van der Waals surface area contributed by atoms with E-state index in [0.717, 1.165) is 6.42 Å². The molecule has 3 N–H and O–H groups in total. The molecule has 14 heteroatoms. The van der Waals surface area contributed by atoms with Crippen LogP contribution in [0.5, 0.6) is 0 Å². The van der Waals surface area contributed by atoms with E-state index in [1.807, 2.05) is 38.2 Å². The van der Waals surface area contributed by atoms with Crippen LogP contribution in [-0.4, -0.2) is 140 Å². The first-order chi connectivity index (χ1) is 29.0. The predicted molar refractivity (Wildman–Crippen MR) is 232 cm³/mol. The first-order valence-electron chi connectivity index (χ1n) is 22.3. The zero-order valence-electron chi connectivity index (χ0n) is 37.7. The second kappa shape index (κ2) is 21.8. The molecule has 62 heavy (non-hydrogen) atoms. The van der Waals surface area contributed by atoms with Gasteiger partial charge in [-0.15, -0.1) is 0 Å². The minimum absolute atomic E-state index is 0. The van der Waals surface area contributed by atoms with Crippen LogP contribution in [-0.2, 0) is 52.2 Å². The van der Waals surface area contributed by atoms with Crippen molar-refractivity contribution in [2.24, 2.45) is 23.7 Å². The summed E-state index contributed by atoms with van der Waals surface area (Å²) < 4.78 is 62.8. The number of carbonyl (C=O) groups is 1. The molecular weight excluding hydrogens is 801 g/mol. The topological polar surface area (TPSA) is 170 Å². The molecule has 3 saturated heterocycles. The molecule has 5 aliphatic heterocycles. The number of methoxy groups -OCH3 is 3. The van der Waals surface area contributed by atoms with Gasteiger partial charge in [-0.25, -0.2) is 0 Å². The number of esters is 1. The minimum Gasteiger partial charge on any atom is -0.462 e. The van der Waals surface area contributed by atoms with Gasteiger partial charge in [0.1, 0.15) is 42.0 Å². The zero-order chi connectivity index (χ0) is 44.2. The van der Waals surface area contributed by atoms with Gasteiger partial charge in [-0.1, -0.05) is 84.1 Å². The van der Waals surface area contributed by atoms with Gasteiger partial charge in [-0.3, -0.25) is 4.79 Å². The molecule has 0 amide bonds. The standard InChI is InChI=1S/C47H72O14.CH4/c1-11-26(2)42-28(4)18-20-46(61-42)25-33-22-32(60-46)16-14-17-35(27(3)15-12-13-19-47(51)34(45(50)57-33)21-29(5)40(48)44(47)54-10)58-38-24-37(53-9)43(31(7)56-38)59-39-23-36(52-8)41(49)30(6)55-39;/h12-15,17-21,26-28,30-44,48-49,51H,11,16,22-25H2,1-10H3;1H4/b15-12+,17-14+,19-13+;/t26-,27-,28-,30-,31-,32+,33-,34-,35+,36-,37-,38-,39-,40+,41-,42+,43-,44+,46+,47+;/m0./s1. The molecule has 2 bridgehead atoms. The van der Waals surface area contributed by atoms with Crippen molar-refractivity contribution in [2.45, 2.75) is 192 Å². The third kappa shape index (κ3) is 11.2. The number of hydrogen-bond donors (Lipinski definition) is 3. The van der Waals surface area contributed by atoms with Gasteiger partial charge in [-0.2, -0.15) is 0 Å². The number of ether oxygens (including phenoxy) is 10. The Hall–Kier alpha value is -2.31. The van der Waals surface area contributed by atoms with Crippen LogP contribution in [0.25, 0.3) is 0 Å². The van der Waals surface area contributed by atoms with Crippen LogP contribution in [0.1, 0.15) is 94.4 Å². The lowest BCUT2D eigenvalue weighted by Gasteiger charge is -2.48. The van der Waals surface area contributed by atoms with E-state index >= 15 is 0 Å². The van der Waals surface area contributed by atoms with Crippen molar-refractivity contribution in [1.29, 1.82) is 0 Å². The number of rotatable bonds is 9. The first kappa shape index (κ1) is 50.7. The molecule has 0 unspecified atom stereocenters. The second-order valence-corrected chi connectivity index (χ2v) is 18.1. The number of fused-ring (bicyclic) bond motifs is 3. The fourth-order valence-electron chi connectivity index (χ4n) is 9.78. The van der Waals surface area contributed by atoms with E-state index in [4.69, 9.17) is 47.4 Å². The highest BCUT2D eigenvalue weighted by atomic mass is 16.7. The van der Waals surface area contributed by atoms with Gasteiger partial charge < -0.3 is 62.7 Å². The first-order valence-corrected chi connectivity index (χ1v) is 22.3. The molecule has 20 atom stereocenters. The summed E-state index contributed by atoms with van der Waals surface area (Å²) in [4.78, 5) is 14.2.